The van der Waals surface area contributed by atoms with Gasteiger partial charge >= 0.3 is 0 Å². The van der Waals surface area contributed by atoms with E-state index in [-0.39, 0.29) is 0 Å². The van der Waals surface area contributed by atoms with E-state index >= 15 is 0 Å². The molecular weight excluding hydrogens is 240 g/mol. The monoisotopic (exact) mass is 278 g/mol. The fourth-order valence-electron chi connectivity index (χ4n) is 5.14. The molecular formula is C20H38. The van der Waals surface area contributed by atoms with Crippen LogP contribution in [0.1, 0.15) is 104 Å². The molecule has 0 aromatic rings. The standard InChI is InChI=1S/C20H38/c1-3-17-11-7-5-8-12-18(4-2)20(16-15-17)19-13-9-6-10-14-19/h17-20H,3-16H2,1-2H3. The van der Waals surface area contributed by atoms with Crippen molar-refractivity contribution in [1.29, 1.82) is 0 Å². The topological polar surface area (TPSA) is 0 Å². The van der Waals surface area contributed by atoms with Gasteiger partial charge in [0.25, 0.3) is 0 Å². The summed E-state index contributed by atoms with van der Waals surface area (Å²) in [4.78, 5) is 0. The molecule has 0 radical (unpaired) electrons. The minimum Gasteiger partial charge on any atom is -0.0651 e. The minimum atomic E-state index is 1.04. The van der Waals surface area contributed by atoms with Crippen molar-refractivity contribution in [2.24, 2.45) is 23.7 Å². The third-order valence-corrected chi connectivity index (χ3v) is 6.56. The first kappa shape index (κ1) is 16.4. The summed E-state index contributed by atoms with van der Waals surface area (Å²) in [5, 5.41) is 0. The minimum absolute atomic E-state index is 1.04. The molecule has 2 aliphatic carbocycles. The van der Waals surface area contributed by atoms with Crippen LogP contribution in [0, 0.1) is 23.7 Å². The Bertz CT molecular complexity index is 238. The fourth-order valence-corrected chi connectivity index (χ4v) is 5.14. The van der Waals surface area contributed by atoms with Gasteiger partial charge in [0, 0.05) is 0 Å². The zero-order valence-electron chi connectivity index (χ0n) is 14.2. The van der Waals surface area contributed by atoms with E-state index in [0.29, 0.717) is 0 Å². The van der Waals surface area contributed by atoms with Gasteiger partial charge < -0.3 is 0 Å². The Labute approximate surface area is 128 Å². The number of hydrogen-bond acceptors (Lipinski definition) is 0. The highest BCUT2D eigenvalue weighted by Gasteiger charge is 2.30. The molecule has 3 unspecified atom stereocenters. The van der Waals surface area contributed by atoms with E-state index in [4.69, 9.17) is 0 Å². The smallest absolute Gasteiger partial charge is 0.0357 e. The lowest BCUT2D eigenvalue weighted by molar-refractivity contribution is 0.137. The Morgan fingerprint density at radius 2 is 1.25 bits per heavy atom. The summed E-state index contributed by atoms with van der Waals surface area (Å²) in [7, 11) is 0. The van der Waals surface area contributed by atoms with E-state index in [1.807, 2.05) is 0 Å². The van der Waals surface area contributed by atoms with Crippen molar-refractivity contribution < 1.29 is 0 Å². The van der Waals surface area contributed by atoms with Gasteiger partial charge in [0.1, 0.15) is 0 Å². The van der Waals surface area contributed by atoms with Crippen LogP contribution in [0.2, 0.25) is 0 Å². The number of rotatable bonds is 3. The van der Waals surface area contributed by atoms with Crippen LogP contribution in [0.3, 0.4) is 0 Å². The van der Waals surface area contributed by atoms with Gasteiger partial charge in [-0.2, -0.15) is 0 Å². The molecule has 2 aliphatic rings. The molecule has 0 amide bonds. The van der Waals surface area contributed by atoms with Crippen LogP contribution in [-0.2, 0) is 0 Å². The molecule has 0 aromatic carbocycles. The first-order valence-electron chi connectivity index (χ1n) is 9.85. The largest absolute Gasteiger partial charge is 0.0651 e. The molecule has 0 spiro atoms. The molecule has 0 nitrogen and oxygen atoms in total. The molecule has 0 bridgehead atoms. The maximum atomic E-state index is 2.46. The Hall–Kier alpha value is 0. The quantitative estimate of drug-likeness (QED) is 0.522. The van der Waals surface area contributed by atoms with Gasteiger partial charge in [-0.05, 0) is 30.1 Å². The highest BCUT2D eigenvalue weighted by atomic mass is 14.4. The predicted molar refractivity (Wildman–Crippen MR) is 89.9 cm³/mol. The summed E-state index contributed by atoms with van der Waals surface area (Å²) in [6, 6.07) is 0. The van der Waals surface area contributed by atoms with E-state index in [0.717, 1.165) is 23.7 Å². The molecule has 118 valence electrons. The summed E-state index contributed by atoms with van der Waals surface area (Å²) in [5.74, 6) is 4.25. The molecule has 0 aliphatic heterocycles. The van der Waals surface area contributed by atoms with Gasteiger partial charge in [-0.15, -0.1) is 0 Å². The summed E-state index contributed by atoms with van der Waals surface area (Å²) in [5.41, 5.74) is 0. The van der Waals surface area contributed by atoms with Crippen molar-refractivity contribution >= 4 is 0 Å². The van der Waals surface area contributed by atoms with Gasteiger partial charge in [-0.3, -0.25) is 0 Å². The van der Waals surface area contributed by atoms with E-state index < -0.39 is 0 Å². The van der Waals surface area contributed by atoms with Crippen LogP contribution in [-0.4, -0.2) is 0 Å². The lowest BCUT2D eigenvalue weighted by Gasteiger charge is -2.37. The van der Waals surface area contributed by atoms with Gasteiger partial charge in [0.05, 0.1) is 0 Å². The van der Waals surface area contributed by atoms with E-state index in [1.54, 1.807) is 19.3 Å². The zero-order valence-corrected chi connectivity index (χ0v) is 14.2. The van der Waals surface area contributed by atoms with E-state index in [2.05, 4.69) is 13.8 Å². The summed E-state index contributed by atoms with van der Waals surface area (Å²) in [6.07, 6.45) is 21.2. The average molecular weight is 279 g/mol. The number of hydrogen-bond donors (Lipinski definition) is 0. The van der Waals surface area contributed by atoms with Crippen molar-refractivity contribution in [3.8, 4) is 0 Å². The first-order chi connectivity index (χ1) is 9.85. The molecule has 0 aromatic heterocycles. The molecule has 0 saturated heterocycles. The van der Waals surface area contributed by atoms with Crippen molar-refractivity contribution in [1.82, 2.24) is 0 Å². The van der Waals surface area contributed by atoms with Crippen LogP contribution in [0.15, 0.2) is 0 Å². The lowest BCUT2D eigenvalue weighted by Crippen LogP contribution is -2.26. The van der Waals surface area contributed by atoms with E-state index in [9.17, 15) is 0 Å². The Morgan fingerprint density at radius 3 is 1.90 bits per heavy atom. The van der Waals surface area contributed by atoms with Gasteiger partial charge in [-0.1, -0.05) is 97.3 Å². The molecule has 2 fully saturated rings. The van der Waals surface area contributed by atoms with Crippen LogP contribution in [0.25, 0.3) is 0 Å². The van der Waals surface area contributed by atoms with E-state index in [1.165, 1.54) is 70.6 Å². The van der Waals surface area contributed by atoms with Crippen molar-refractivity contribution in [3.05, 3.63) is 0 Å². The highest BCUT2D eigenvalue weighted by Crippen LogP contribution is 2.41. The second kappa shape index (κ2) is 9.11. The predicted octanol–water partition coefficient (Wildman–Crippen LogP) is 6.98. The van der Waals surface area contributed by atoms with Gasteiger partial charge in [-0.25, -0.2) is 0 Å². The normalized spacial score (nSPS) is 34.8. The Balaban J connectivity index is 1.99. The first-order valence-corrected chi connectivity index (χ1v) is 9.85. The van der Waals surface area contributed by atoms with Crippen molar-refractivity contribution in [2.75, 3.05) is 0 Å². The van der Waals surface area contributed by atoms with Crippen LogP contribution < -0.4 is 0 Å². The molecule has 3 atom stereocenters. The van der Waals surface area contributed by atoms with Crippen molar-refractivity contribution in [3.63, 3.8) is 0 Å². The SMILES string of the molecule is CCC1CCCCCC(CC)C(C2CCCCC2)CC1. The van der Waals surface area contributed by atoms with Crippen LogP contribution in [0.5, 0.6) is 0 Å². The summed E-state index contributed by atoms with van der Waals surface area (Å²) < 4.78 is 0. The molecule has 20 heavy (non-hydrogen) atoms. The fraction of sp³-hybridized carbons (Fsp3) is 1.00. The second-order valence-electron chi connectivity index (χ2n) is 7.72. The second-order valence-corrected chi connectivity index (χ2v) is 7.72. The highest BCUT2D eigenvalue weighted by molar-refractivity contribution is 4.81. The van der Waals surface area contributed by atoms with Gasteiger partial charge in [0.2, 0.25) is 0 Å². The summed E-state index contributed by atoms with van der Waals surface area (Å²) in [6.45, 7) is 4.88. The Morgan fingerprint density at radius 1 is 0.600 bits per heavy atom. The summed E-state index contributed by atoms with van der Waals surface area (Å²) >= 11 is 0. The molecule has 2 saturated carbocycles. The third-order valence-electron chi connectivity index (χ3n) is 6.56. The molecule has 0 heteroatoms. The van der Waals surface area contributed by atoms with Gasteiger partial charge in [0.15, 0.2) is 0 Å². The van der Waals surface area contributed by atoms with Crippen LogP contribution in [0.4, 0.5) is 0 Å². The molecule has 0 N–H and O–H groups in total. The molecule has 0 heterocycles. The zero-order chi connectivity index (χ0) is 14.2. The maximum Gasteiger partial charge on any atom is -0.0357 e. The Kier molecular flexibility index (Phi) is 7.45. The third kappa shape index (κ3) is 4.78. The average Bonchev–Trinajstić information content (AvgIpc) is 2.52. The molecule has 2 rings (SSSR count). The van der Waals surface area contributed by atoms with Crippen molar-refractivity contribution in [2.45, 2.75) is 104 Å². The maximum absolute atomic E-state index is 2.46. The van der Waals surface area contributed by atoms with Crippen LogP contribution >= 0.6 is 0 Å². The lowest BCUT2D eigenvalue weighted by atomic mass is 9.68.